The first-order valence-corrected chi connectivity index (χ1v) is 8.44. The van der Waals surface area contributed by atoms with Gasteiger partial charge < -0.3 is 14.2 Å². The Morgan fingerprint density at radius 1 is 1.27 bits per heavy atom. The number of ether oxygens (including phenoxy) is 1. The highest BCUT2D eigenvalue weighted by molar-refractivity contribution is 5.78. The Balaban J connectivity index is 1.55. The number of hydrogen-bond acceptors (Lipinski definition) is 6. The quantitative estimate of drug-likeness (QED) is 0.704. The summed E-state index contributed by atoms with van der Waals surface area (Å²) in [5.74, 6) is 1.72. The minimum atomic E-state index is 0.211. The second kappa shape index (κ2) is 6.95. The minimum Gasteiger partial charge on any atom is -0.495 e. The molecule has 0 saturated carbocycles. The highest BCUT2D eigenvalue weighted by atomic mass is 16.5. The number of carbonyl (C=O) groups is 1. The number of rotatable bonds is 5. The zero-order valence-corrected chi connectivity index (χ0v) is 14.4. The van der Waals surface area contributed by atoms with E-state index in [1.165, 1.54) is 0 Å². The zero-order chi connectivity index (χ0) is 17.9. The lowest BCUT2D eigenvalue weighted by Crippen LogP contribution is -2.23. The molecule has 7 heteroatoms. The van der Waals surface area contributed by atoms with Crippen LogP contribution >= 0.6 is 0 Å². The van der Waals surface area contributed by atoms with Gasteiger partial charge in [0.1, 0.15) is 11.4 Å². The summed E-state index contributed by atoms with van der Waals surface area (Å²) < 4.78 is 10.4. The van der Waals surface area contributed by atoms with Gasteiger partial charge >= 0.3 is 0 Å². The van der Waals surface area contributed by atoms with Crippen LogP contribution in [0.25, 0.3) is 23.0 Å². The molecule has 0 unspecified atom stereocenters. The Kier molecular flexibility index (Phi) is 4.35. The van der Waals surface area contributed by atoms with Crippen molar-refractivity contribution in [2.24, 2.45) is 0 Å². The topological polar surface area (TPSA) is 81.4 Å². The normalized spacial score (nSPS) is 14.0. The molecule has 1 saturated heterocycles. The van der Waals surface area contributed by atoms with Crippen molar-refractivity contribution in [2.75, 3.05) is 13.7 Å². The first-order valence-electron chi connectivity index (χ1n) is 8.44. The maximum absolute atomic E-state index is 11.8. The van der Waals surface area contributed by atoms with E-state index in [0.29, 0.717) is 36.1 Å². The summed E-state index contributed by atoms with van der Waals surface area (Å²) in [6.45, 7) is 1.43. The molecule has 2 aromatic heterocycles. The van der Waals surface area contributed by atoms with E-state index >= 15 is 0 Å². The second-order valence-electron chi connectivity index (χ2n) is 6.13. The molecule has 4 rings (SSSR count). The molecule has 7 nitrogen and oxygen atoms in total. The number of nitrogens with zero attached hydrogens (tertiary/aromatic N) is 4. The number of hydrogen-bond donors (Lipinski definition) is 0. The average Bonchev–Trinajstić information content (AvgIpc) is 3.32. The van der Waals surface area contributed by atoms with Crippen LogP contribution in [-0.4, -0.2) is 39.6 Å². The third-order valence-electron chi connectivity index (χ3n) is 4.35. The van der Waals surface area contributed by atoms with Gasteiger partial charge in [-0.1, -0.05) is 23.4 Å². The highest BCUT2D eigenvalue weighted by Crippen LogP contribution is 2.23. The van der Waals surface area contributed by atoms with Crippen LogP contribution in [0.3, 0.4) is 0 Å². The smallest absolute Gasteiger partial charge is 0.276 e. The fraction of sp³-hybridized carbons (Fsp3) is 0.263. The third kappa shape index (κ3) is 3.28. The number of likely N-dealkylation sites (tertiary alicyclic amines) is 1. The van der Waals surface area contributed by atoms with Gasteiger partial charge in [0.2, 0.25) is 11.7 Å². The Bertz CT molecular complexity index is 921. The van der Waals surface area contributed by atoms with Gasteiger partial charge in [-0.2, -0.15) is 4.98 Å². The van der Waals surface area contributed by atoms with Crippen LogP contribution in [0, 0.1) is 0 Å². The summed E-state index contributed by atoms with van der Waals surface area (Å²) in [5, 5.41) is 4.06. The van der Waals surface area contributed by atoms with E-state index in [-0.39, 0.29) is 5.91 Å². The van der Waals surface area contributed by atoms with Gasteiger partial charge in [0.25, 0.3) is 5.89 Å². The summed E-state index contributed by atoms with van der Waals surface area (Å²) in [7, 11) is 1.59. The second-order valence-corrected chi connectivity index (χ2v) is 6.13. The number of amides is 1. The molecule has 0 atom stereocenters. The number of benzene rings is 1. The fourth-order valence-corrected chi connectivity index (χ4v) is 2.97. The first kappa shape index (κ1) is 16.3. The van der Waals surface area contributed by atoms with E-state index in [1.807, 2.05) is 29.2 Å². The predicted octanol–water partition coefficient (Wildman–Crippen LogP) is 2.93. The minimum absolute atomic E-state index is 0.211. The van der Waals surface area contributed by atoms with Gasteiger partial charge in [-0.05, 0) is 30.2 Å². The van der Waals surface area contributed by atoms with Gasteiger partial charge in [0.15, 0.2) is 0 Å². The van der Waals surface area contributed by atoms with Crippen LogP contribution in [0.1, 0.15) is 18.4 Å². The Morgan fingerprint density at radius 3 is 2.92 bits per heavy atom. The van der Waals surface area contributed by atoms with Crippen LogP contribution in [0.2, 0.25) is 0 Å². The van der Waals surface area contributed by atoms with Gasteiger partial charge in [0, 0.05) is 25.1 Å². The predicted molar refractivity (Wildman–Crippen MR) is 94.2 cm³/mol. The van der Waals surface area contributed by atoms with Gasteiger partial charge in [0.05, 0.1) is 13.3 Å². The van der Waals surface area contributed by atoms with Gasteiger partial charge in [-0.25, -0.2) is 4.98 Å². The Morgan fingerprint density at radius 2 is 2.19 bits per heavy atom. The van der Waals surface area contributed by atoms with Crippen LogP contribution in [0.15, 0.2) is 47.1 Å². The van der Waals surface area contributed by atoms with E-state index in [9.17, 15) is 4.79 Å². The summed E-state index contributed by atoms with van der Waals surface area (Å²) in [6.07, 6.45) is 3.18. The van der Waals surface area contributed by atoms with E-state index in [4.69, 9.17) is 9.26 Å². The number of methoxy groups -OCH3 is 1. The number of pyridine rings is 1. The van der Waals surface area contributed by atoms with Gasteiger partial charge in [-0.15, -0.1) is 0 Å². The highest BCUT2D eigenvalue weighted by Gasteiger charge is 2.20. The molecule has 3 heterocycles. The molecule has 1 aromatic carbocycles. The SMILES string of the molecule is COc1ccc(-c2nc(-c3cccc(CN4CCCC4=O)c3)no2)nc1. The van der Waals surface area contributed by atoms with E-state index in [0.717, 1.165) is 24.1 Å². The van der Waals surface area contributed by atoms with Crippen molar-refractivity contribution in [1.29, 1.82) is 0 Å². The maximum Gasteiger partial charge on any atom is 0.276 e. The largest absolute Gasteiger partial charge is 0.495 e. The average molecular weight is 350 g/mol. The van der Waals surface area contributed by atoms with Crippen molar-refractivity contribution in [3.05, 3.63) is 48.2 Å². The van der Waals surface area contributed by atoms with Crippen LogP contribution in [-0.2, 0) is 11.3 Å². The van der Waals surface area contributed by atoms with Crippen LogP contribution in [0.5, 0.6) is 5.75 Å². The molecule has 26 heavy (non-hydrogen) atoms. The van der Waals surface area contributed by atoms with Crippen LogP contribution in [0.4, 0.5) is 0 Å². The number of aromatic nitrogens is 3. The number of carbonyl (C=O) groups excluding carboxylic acids is 1. The lowest BCUT2D eigenvalue weighted by Gasteiger charge is -2.15. The van der Waals surface area contributed by atoms with E-state index < -0.39 is 0 Å². The fourth-order valence-electron chi connectivity index (χ4n) is 2.97. The molecule has 1 aliphatic rings. The standard InChI is InChI=1S/C19H18N4O3/c1-25-15-7-8-16(20-11-15)19-21-18(22-26-19)14-5-2-4-13(10-14)12-23-9-3-6-17(23)24/h2,4-5,7-8,10-11H,3,6,9,12H2,1H3. The first-order chi connectivity index (χ1) is 12.7. The molecule has 1 aliphatic heterocycles. The Hall–Kier alpha value is -3.22. The van der Waals surface area contributed by atoms with E-state index in [2.05, 4.69) is 15.1 Å². The van der Waals surface area contributed by atoms with Crippen molar-refractivity contribution in [1.82, 2.24) is 20.0 Å². The molecule has 3 aromatic rings. The molecule has 132 valence electrons. The van der Waals surface area contributed by atoms with Crippen molar-refractivity contribution in [3.8, 4) is 28.7 Å². The maximum atomic E-state index is 11.8. The van der Waals surface area contributed by atoms with Crippen LogP contribution < -0.4 is 4.74 Å². The molecule has 0 aliphatic carbocycles. The lowest BCUT2D eigenvalue weighted by atomic mass is 10.1. The molecule has 0 N–H and O–H groups in total. The van der Waals surface area contributed by atoms with Crippen molar-refractivity contribution in [2.45, 2.75) is 19.4 Å². The summed E-state index contributed by atoms with van der Waals surface area (Å²) in [5.41, 5.74) is 2.48. The molecular weight excluding hydrogens is 332 g/mol. The Labute approximate surface area is 150 Å². The van der Waals surface area contributed by atoms with Gasteiger partial charge in [-0.3, -0.25) is 4.79 Å². The lowest BCUT2D eigenvalue weighted by molar-refractivity contribution is -0.128. The van der Waals surface area contributed by atoms with Crippen molar-refractivity contribution >= 4 is 5.91 Å². The molecular formula is C19H18N4O3. The summed E-state index contributed by atoms with van der Waals surface area (Å²) in [6, 6.07) is 11.4. The molecule has 0 bridgehead atoms. The van der Waals surface area contributed by atoms with Crippen molar-refractivity contribution < 1.29 is 14.1 Å². The summed E-state index contributed by atoms with van der Waals surface area (Å²) in [4.78, 5) is 22.4. The monoisotopic (exact) mass is 350 g/mol. The molecule has 0 spiro atoms. The third-order valence-corrected chi connectivity index (χ3v) is 4.35. The van der Waals surface area contributed by atoms with Crippen molar-refractivity contribution in [3.63, 3.8) is 0 Å². The molecule has 1 fully saturated rings. The summed E-state index contributed by atoms with van der Waals surface area (Å²) >= 11 is 0. The zero-order valence-electron chi connectivity index (χ0n) is 14.4. The van der Waals surface area contributed by atoms with E-state index in [1.54, 1.807) is 25.4 Å². The molecule has 1 amide bonds. The molecule has 0 radical (unpaired) electrons.